The Hall–Kier alpha value is -4.15. The molecule has 1 atom stereocenters. The molecule has 35 heavy (non-hydrogen) atoms. The quantitative estimate of drug-likeness (QED) is 0.395. The number of carbonyl (C=O) groups excluding carboxylic acids is 4. The molecule has 1 aliphatic rings. The van der Waals surface area contributed by atoms with Gasteiger partial charge in [-0.3, -0.25) is 14.4 Å². The summed E-state index contributed by atoms with van der Waals surface area (Å²) in [4.78, 5) is 50.5. The molecule has 1 unspecified atom stereocenters. The maximum atomic E-state index is 12.9. The second-order valence-corrected chi connectivity index (χ2v) is 9.62. The molecule has 0 radical (unpaired) electrons. The number of rotatable bonds is 6. The first-order valence-electron chi connectivity index (χ1n) is 10.5. The second kappa shape index (κ2) is 9.24. The van der Waals surface area contributed by atoms with Crippen molar-refractivity contribution in [2.75, 3.05) is 12.4 Å². The Morgan fingerprint density at radius 2 is 1.46 bits per heavy atom. The zero-order valence-corrected chi connectivity index (χ0v) is 19.5. The van der Waals surface area contributed by atoms with Gasteiger partial charge in [0.15, 0.2) is 17.7 Å². The van der Waals surface area contributed by atoms with Gasteiger partial charge in [-0.2, -0.15) is 0 Å². The fourth-order valence-electron chi connectivity index (χ4n) is 3.61. The lowest BCUT2D eigenvalue weighted by Crippen LogP contribution is -2.30. The molecular formula is C25H20N2O7S. The average molecular weight is 493 g/mol. The number of nitrogens with one attached hydrogen (secondary N) is 2. The minimum Gasteiger partial charge on any atom is -0.449 e. The Kier molecular flexibility index (Phi) is 6.33. The van der Waals surface area contributed by atoms with E-state index in [0.717, 1.165) is 6.07 Å². The highest BCUT2D eigenvalue weighted by atomic mass is 32.2. The van der Waals surface area contributed by atoms with E-state index in [-0.39, 0.29) is 38.8 Å². The van der Waals surface area contributed by atoms with Crippen molar-refractivity contribution in [3.8, 4) is 0 Å². The number of sulfonamides is 1. The van der Waals surface area contributed by atoms with Gasteiger partial charge in [0, 0.05) is 27.9 Å². The summed E-state index contributed by atoms with van der Waals surface area (Å²) in [6.07, 6.45) is -1.24. The van der Waals surface area contributed by atoms with Crippen molar-refractivity contribution in [3.05, 3.63) is 94.5 Å². The van der Waals surface area contributed by atoms with Crippen molar-refractivity contribution in [2.24, 2.45) is 0 Å². The topological polar surface area (TPSA) is 136 Å². The molecule has 4 rings (SSSR count). The Balaban J connectivity index is 1.48. The molecule has 0 heterocycles. The van der Waals surface area contributed by atoms with E-state index >= 15 is 0 Å². The van der Waals surface area contributed by atoms with Crippen molar-refractivity contribution >= 4 is 39.2 Å². The van der Waals surface area contributed by atoms with Gasteiger partial charge < -0.3 is 10.1 Å². The van der Waals surface area contributed by atoms with Crippen LogP contribution >= 0.6 is 0 Å². The molecule has 2 N–H and O–H groups in total. The Morgan fingerprint density at radius 1 is 0.829 bits per heavy atom. The summed E-state index contributed by atoms with van der Waals surface area (Å²) in [7, 11) is -2.52. The van der Waals surface area contributed by atoms with Crippen molar-refractivity contribution in [3.63, 3.8) is 0 Å². The van der Waals surface area contributed by atoms with Crippen LogP contribution in [0, 0.1) is 0 Å². The monoisotopic (exact) mass is 492 g/mol. The van der Waals surface area contributed by atoms with Gasteiger partial charge in [0.05, 0.1) is 10.5 Å². The molecule has 0 bridgehead atoms. The summed E-state index contributed by atoms with van der Waals surface area (Å²) in [6.45, 7) is 1.35. The van der Waals surface area contributed by atoms with Gasteiger partial charge in [0.1, 0.15) is 0 Å². The summed E-state index contributed by atoms with van der Waals surface area (Å²) in [6, 6.07) is 16.1. The van der Waals surface area contributed by atoms with Crippen LogP contribution in [0.4, 0.5) is 5.69 Å². The van der Waals surface area contributed by atoms with E-state index < -0.39 is 28.0 Å². The highest BCUT2D eigenvalue weighted by molar-refractivity contribution is 7.89. The zero-order chi connectivity index (χ0) is 25.3. The van der Waals surface area contributed by atoms with Crippen LogP contribution in [0.25, 0.3) is 0 Å². The number of carbonyl (C=O) groups is 4. The Bertz CT molecular complexity index is 1500. The van der Waals surface area contributed by atoms with Crippen LogP contribution in [-0.2, 0) is 19.6 Å². The molecular weight excluding hydrogens is 472 g/mol. The summed E-state index contributed by atoms with van der Waals surface area (Å²) in [5.41, 5.74) is 1.23. The SMILES string of the molecule is CNS(=O)(=O)c1cccc(C(=O)OC(C)C(=O)Nc2ccc3c(c2)C(=O)c2ccccc2C3=O)c1. The molecule has 0 fully saturated rings. The summed E-state index contributed by atoms with van der Waals surface area (Å²) < 4.78 is 31.2. The first-order chi connectivity index (χ1) is 16.6. The highest BCUT2D eigenvalue weighted by Crippen LogP contribution is 2.29. The number of fused-ring (bicyclic) bond motifs is 2. The van der Waals surface area contributed by atoms with Crippen LogP contribution in [0.2, 0.25) is 0 Å². The smallest absolute Gasteiger partial charge is 0.338 e. The van der Waals surface area contributed by atoms with Gasteiger partial charge in [-0.05, 0) is 50.4 Å². The molecule has 3 aromatic carbocycles. The Morgan fingerprint density at radius 3 is 2.11 bits per heavy atom. The van der Waals surface area contributed by atoms with Gasteiger partial charge >= 0.3 is 5.97 Å². The predicted octanol–water partition coefficient (Wildman–Crippen LogP) is 2.55. The fourth-order valence-corrected chi connectivity index (χ4v) is 4.39. The van der Waals surface area contributed by atoms with Gasteiger partial charge in [0.25, 0.3) is 5.91 Å². The minimum absolute atomic E-state index is 0.0440. The third-order valence-corrected chi connectivity index (χ3v) is 6.91. The van der Waals surface area contributed by atoms with Crippen molar-refractivity contribution < 1.29 is 32.3 Å². The van der Waals surface area contributed by atoms with Crippen molar-refractivity contribution in [2.45, 2.75) is 17.9 Å². The van der Waals surface area contributed by atoms with Crippen LogP contribution in [0.5, 0.6) is 0 Å². The molecule has 0 aromatic heterocycles. The molecule has 0 aliphatic heterocycles. The molecule has 178 valence electrons. The van der Waals surface area contributed by atoms with Gasteiger partial charge in [-0.25, -0.2) is 17.9 Å². The number of benzene rings is 3. The van der Waals surface area contributed by atoms with Gasteiger partial charge in [-0.15, -0.1) is 0 Å². The van der Waals surface area contributed by atoms with Crippen LogP contribution < -0.4 is 10.0 Å². The van der Waals surface area contributed by atoms with E-state index in [9.17, 15) is 27.6 Å². The zero-order valence-electron chi connectivity index (χ0n) is 18.7. The fraction of sp³-hybridized carbons (Fsp3) is 0.120. The number of amides is 1. The van der Waals surface area contributed by atoms with Gasteiger partial charge in [-0.1, -0.05) is 30.3 Å². The standard InChI is InChI=1S/C25H20N2O7S/c1-14(34-25(31)15-6-5-7-17(12-15)35(32,33)26-2)24(30)27-16-10-11-20-21(13-16)23(29)19-9-4-3-8-18(19)22(20)28/h3-14,26H,1-2H3,(H,27,30). The number of ether oxygens (including phenoxy) is 1. The molecule has 9 nitrogen and oxygen atoms in total. The lowest BCUT2D eigenvalue weighted by Gasteiger charge is -2.19. The normalized spacial score (nSPS) is 13.4. The largest absolute Gasteiger partial charge is 0.449 e. The third-order valence-electron chi connectivity index (χ3n) is 5.49. The lowest BCUT2D eigenvalue weighted by atomic mass is 9.84. The third kappa shape index (κ3) is 4.61. The maximum absolute atomic E-state index is 12.9. The van der Waals surface area contributed by atoms with E-state index in [1.807, 2.05) is 0 Å². The predicted molar refractivity (Wildman–Crippen MR) is 126 cm³/mol. The molecule has 1 amide bonds. The van der Waals surface area contributed by atoms with E-state index in [4.69, 9.17) is 4.74 Å². The number of esters is 1. The van der Waals surface area contributed by atoms with Crippen molar-refractivity contribution in [1.29, 1.82) is 0 Å². The first-order valence-corrected chi connectivity index (χ1v) is 12.0. The van der Waals surface area contributed by atoms with Gasteiger partial charge in [0.2, 0.25) is 10.0 Å². The second-order valence-electron chi connectivity index (χ2n) is 7.74. The van der Waals surface area contributed by atoms with E-state index in [2.05, 4.69) is 10.0 Å². The maximum Gasteiger partial charge on any atom is 0.338 e. The van der Waals surface area contributed by atoms with E-state index in [1.165, 1.54) is 50.4 Å². The first kappa shape index (κ1) is 24.0. The summed E-state index contributed by atoms with van der Waals surface area (Å²) in [5.74, 6) is -2.17. The lowest BCUT2D eigenvalue weighted by molar-refractivity contribution is -0.123. The summed E-state index contributed by atoms with van der Waals surface area (Å²) >= 11 is 0. The van der Waals surface area contributed by atoms with Crippen LogP contribution in [0.1, 0.15) is 49.1 Å². The molecule has 0 saturated heterocycles. The molecule has 3 aromatic rings. The average Bonchev–Trinajstić information content (AvgIpc) is 2.87. The number of anilines is 1. The molecule has 1 aliphatic carbocycles. The summed E-state index contributed by atoms with van der Waals surface area (Å²) in [5, 5.41) is 2.57. The minimum atomic E-state index is -3.76. The van der Waals surface area contributed by atoms with Crippen LogP contribution in [0.3, 0.4) is 0 Å². The van der Waals surface area contributed by atoms with E-state index in [1.54, 1.807) is 24.3 Å². The van der Waals surface area contributed by atoms with E-state index in [0.29, 0.717) is 11.1 Å². The van der Waals surface area contributed by atoms with Crippen LogP contribution in [-0.4, -0.2) is 45.0 Å². The molecule has 10 heteroatoms. The molecule has 0 spiro atoms. The highest BCUT2D eigenvalue weighted by Gasteiger charge is 2.30. The van der Waals surface area contributed by atoms with Crippen LogP contribution in [0.15, 0.2) is 71.6 Å². The number of hydrogen-bond donors (Lipinski definition) is 2. The van der Waals surface area contributed by atoms with Crippen molar-refractivity contribution in [1.82, 2.24) is 4.72 Å². The Labute approximate surface area is 201 Å². The number of hydrogen-bond acceptors (Lipinski definition) is 7. The molecule has 0 saturated carbocycles. The number of ketones is 2.